The molecule has 2 aromatic heterocycles. The molecule has 0 amide bonds. The third kappa shape index (κ3) is 2.13. The van der Waals surface area contributed by atoms with E-state index in [0.717, 1.165) is 22.6 Å². The third-order valence-corrected chi connectivity index (χ3v) is 3.48. The zero-order valence-corrected chi connectivity index (χ0v) is 11.5. The summed E-state index contributed by atoms with van der Waals surface area (Å²) in [6.07, 6.45) is 1.97. The minimum atomic E-state index is -0.225. The van der Waals surface area contributed by atoms with Crippen LogP contribution in [0.5, 0.6) is 0 Å². The summed E-state index contributed by atoms with van der Waals surface area (Å²) >= 11 is 0. The van der Waals surface area contributed by atoms with Gasteiger partial charge in [0, 0.05) is 6.20 Å². The number of rotatable bonds is 3. The van der Waals surface area contributed by atoms with Crippen molar-refractivity contribution in [2.75, 3.05) is 5.32 Å². The van der Waals surface area contributed by atoms with Gasteiger partial charge in [-0.1, -0.05) is 18.2 Å². The fourth-order valence-electron chi connectivity index (χ4n) is 2.41. The van der Waals surface area contributed by atoms with Crippen LogP contribution in [0.1, 0.15) is 17.0 Å². The zero-order valence-electron chi connectivity index (χ0n) is 11.5. The number of benzene rings is 1. The van der Waals surface area contributed by atoms with Gasteiger partial charge in [0.05, 0.1) is 23.6 Å². The van der Waals surface area contributed by atoms with Crippen molar-refractivity contribution < 1.29 is 4.39 Å². The summed E-state index contributed by atoms with van der Waals surface area (Å²) in [5, 5.41) is 3.18. The van der Waals surface area contributed by atoms with Crippen LogP contribution in [0.2, 0.25) is 0 Å². The summed E-state index contributed by atoms with van der Waals surface area (Å²) in [5.41, 5.74) is 4.36. The van der Waals surface area contributed by atoms with Gasteiger partial charge in [-0.05, 0) is 37.6 Å². The van der Waals surface area contributed by atoms with Crippen LogP contribution < -0.4 is 5.32 Å². The van der Waals surface area contributed by atoms with Crippen LogP contribution in [-0.4, -0.2) is 9.38 Å². The van der Waals surface area contributed by atoms with Gasteiger partial charge in [0.2, 0.25) is 0 Å². The molecule has 0 radical (unpaired) electrons. The number of nitrogens with zero attached hydrogens (tertiary/aromatic N) is 2. The van der Waals surface area contributed by atoms with E-state index in [1.807, 2.05) is 48.7 Å². The lowest BCUT2D eigenvalue weighted by Crippen LogP contribution is -2.06. The normalized spacial score (nSPS) is 10.9. The van der Waals surface area contributed by atoms with Gasteiger partial charge in [-0.25, -0.2) is 9.37 Å². The van der Waals surface area contributed by atoms with E-state index in [1.165, 1.54) is 6.07 Å². The van der Waals surface area contributed by atoms with E-state index in [-0.39, 0.29) is 5.82 Å². The SMILES string of the molecule is Cc1cccc(F)c1NCc1c(C)nc2ccccn12. The lowest BCUT2D eigenvalue weighted by Gasteiger charge is -2.11. The largest absolute Gasteiger partial charge is 0.377 e. The highest BCUT2D eigenvalue weighted by molar-refractivity contribution is 5.52. The number of para-hydroxylation sites is 1. The van der Waals surface area contributed by atoms with Crippen molar-refractivity contribution in [1.29, 1.82) is 0 Å². The smallest absolute Gasteiger partial charge is 0.146 e. The molecular formula is C16H16FN3. The van der Waals surface area contributed by atoms with Crippen molar-refractivity contribution in [2.24, 2.45) is 0 Å². The Morgan fingerprint density at radius 2 is 2.00 bits per heavy atom. The molecule has 3 rings (SSSR count). The van der Waals surface area contributed by atoms with Gasteiger partial charge < -0.3 is 9.72 Å². The molecule has 0 fully saturated rings. The van der Waals surface area contributed by atoms with Crippen molar-refractivity contribution >= 4 is 11.3 Å². The molecule has 1 N–H and O–H groups in total. The van der Waals surface area contributed by atoms with Gasteiger partial charge in [0.1, 0.15) is 11.5 Å². The summed E-state index contributed by atoms with van der Waals surface area (Å²) in [7, 11) is 0. The molecule has 0 bridgehead atoms. The van der Waals surface area contributed by atoms with Crippen LogP contribution in [-0.2, 0) is 6.54 Å². The number of halogens is 1. The van der Waals surface area contributed by atoms with Crippen LogP contribution in [0, 0.1) is 19.7 Å². The molecule has 0 saturated carbocycles. The monoisotopic (exact) mass is 269 g/mol. The van der Waals surface area contributed by atoms with Crippen molar-refractivity contribution in [2.45, 2.75) is 20.4 Å². The lowest BCUT2D eigenvalue weighted by atomic mass is 10.2. The van der Waals surface area contributed by atoms with E-state index in [2.05, 4.69) is 10.3 Å². The first-order chi connectivity index (χ1) is 9.66. The highest BCUT2D eigenvalue weighted by Gasteiger charge is 2.10. The number of imidazole rings is 1. The molecule has 3 nitrogen and oxygen atoms in total. The molecule has 0 atom stereocenters. The summed E-state index contributed by atoms with van der Waals surface area (Å²) in [4.78, 5) is 4.50. The van der Waals surface area contributed by atoms with Crippen molar-refractivity contribution in [1.82, 2.24) is 9.38 Å². The number of hydrogen-bond acceptors (Lipinski definition) is 2. The molecule has 1 aromatic carbocycles. The molecule has 0 spiro atoms. The number of aromatic nitrogens is 2. The Bertz CT molecular complexity index is 741. The number of pyridine rings is 1. The minimum absolute atomic E-state index is 0.225. The molecule has 102 valence electrons. The predicted octanol–water partition coefficient (Wildman–Crippen LogP) is 3.70. The van der Waals surface area contributed by atoms with E-state index in [4.69, 9.17) is 0 Å². The summed E-state index contributed by atoms with van der Waals surface area (Å²) < 4.78 is 15.8. The van der Waals surface area contributed by atoms with Crippen LogP contribution in [0.15, 0.2) is 42.6 Å². The summed E-state index contributed by atoms with van der Waals surface area (Å²) in [5.74, 6) is -0.225. The van der Waals surface area contributed by atoms with Gasteiger partial charge in [0.15, 0.2) is 0 Å². The predicted molar refractivity (Wildman–Crippen MR) is 78.4 cm³/mol. The first-order valence-corrected chi connectivity index (χ1v) is 6.58. The fraction of sp³-hybridized carbons (Fsp3) is 0.188. The van der Waals surface area contributed by atoms with Crippen molar-refractivity contribution in [3.63, 3.8) is 0 Å². The minimum Gasteiger partial charge on any atom is -0.377 e. The van der Waals surface area contributed by atoms with E-state index in [0.29, 0.717) is 12.2 Å². The average molecular weight is 269 g/mol. The van der Waals surface area contributed by atoms with E-state index in [1.54, 1.807) is 6.07 Å². The second kappa shape index (κ2) is 4.96. The third-order valence-electron chi connectivity index (χ3n) is 3.48. The van der Waals surface area contributed by atoms with Crippen molar-refractivity contribution in [3.05, 3.63) is 65.4 Å². The second-order valence-corrected chi connectivity index (χ2v) is 4.86. The quantitative estimate of drug-likeness (QED) is 0.785. The second-order valence-electron chi connectivity index (χ2n) is 4.86. The summed E-state index contributed by atoms with van der Waals surface area (Å²) in [6.45, 7) is 4.41. The number of hydrogen-bond donors (Lipinski definition) is 1. The van der Waals surface area contributed by atoms with Gasteiger partial charge >= 0.3 is 0 Å². The van der Waals surface area contributed by atoms with Crippen LogP contribution in [0.4, 0.5) is 10.1 Å². The Hall–Kier alpha value is -2.36. The Balaban J connectivity index is 1.93. The van der Waals surface area contributed by atoms with Gasteiger partial charge in [0.25, 0.3) is 0 Å². The van der Waals surface area contributed by atoms with Crippen LogP contribution in [0.3, 0.4) is 0 Å². The van der Waals surface area contributed by atoms with Gasteiger partial charge in [-0.15, -0.1) is 0 Å². The lowest BCUT2D eigenvalue weighted by molar-refractivity contribution is 0.629. The molecule has 4 heteroatoms. The molecular weight excluding hydrogens is 253 g/mol. The van der Waals surface area contributed by atoms with Crippen molar-refractivity contribution in [3.8, 4) is 0 Å². The molecule has 0 unspecified atom stereocenters. The molecule has 0 aliphatic carbocycles. The first kappa shape index (κ1) is 12.7. The first-order valence-electron chi connectivity index (χ1n) is 6.58. The van der Waals surface area contributed by atoms with Gasteiger partial charge in [-0.2, -0.15) is 0 Å². The molecule has 0 saturated heterocycles. The highest BCUT2D eigenvalue weighted by atomic mass is 19.1. The maximum atomic E-state index is 13.8. The molecule has 20 heavy (non-hydrogen) atoms. The Labute approximate surface area is 117 Å². The van der Waals surface area contributed by atoms with E-state index < -0.39 is 0 Å². The number of fused-ring (bicyclic) bond motifs is 1. The summed E-state index contributed by atoms with van der Waals surface area (Å²) in [6, 6.07) is 11.0. The maximum absolute atomic E-state index is 13.8. The molecule has 3 aromatic rings. The van der Waals surface area contributed by atoms with Crippen LogP contribution in [0.25, 0.3) is 5.65 Å². The topological polar surface area (TPSA) is 29.3 Å². The Morgan fingerprint density at radius 1 is 1.15 bits per heavy atom. The standard InChI is InChI=1S/C16H16FN3/c1-11-6-5-7-13(17)16(11)18-10-14-12(2)19-15-8-3-4-9-20(14)15/h3-9,18H,10H2,1-2H3. The number of aryl methyl sites for hydroxylation is 2. The Kier molecular flexibility index (Phi) is 3.14. The molecule has 2 heterocycles. The van der Waals surface area contributed by atoms with E-state index >= 15 is 0 Å². The number of anilines is 1. The molecule has 0 aliphatic rings. The highest BCUT2D eigenvalue weighted by Crippen LogP contribution is 2.20. The van der Waals surface area contributed by atoms with E-state index in [9.17, 15) is 4.39 Å². The fourth-order valence-corrected chi connectivity index (χ4v) is 2.41. The van der Waals surface area contributed by atoms with Gasteiger partial charge in [-0.3, -0.25) is 0 Å². The zero-order chi connectivity index (χ0) is 14.1. The Morgan fingerprint density at radius 3 is 2.80 bits per heavy atom. The average Bonchev–Trinajstić information content (AvgIpc) is 2.74. The van der Waals surface area contributed by atoms with Crippen LogP contribution >= 0.6 is 0 Å². The maximum Gasteiger partial charge on any atom is 0.146 e. The molecule has 0 aliphatic heterocycles. The number of nitrogens with one attached hydrogen (secondary N) is 1.